The number of hydrogen-bond acceptors (Lipinski definition) is 3. The molecule has 1 atom stereocenters. The molecule has 1 aliphatic rings. The van der Waals surface area contributed by atoms with E-state index in [1.807, 2.05) is 38.1 Å². The summed E-state index contributed by atoms with van der Waals surface area (Å²) < 4.78 is 13.8. The lowest BCUT2D eigenvalue weighted by molar-refractivity contribution is -0.124. The predicted molar refractivity (Wildman–Crippen MR) is 112 cm³/mol. The third-order valence-corrected chi connectivity index (χ3v) is 5.14. The second-order valence-electron chi connectivity index (χ2n) is 7.71. The number of amides is 3. The Labute approximate surface area is 175 Å². The molecule has 1 heterocycles. The third kappa shape index (κ3) is 5.03. The fourth-order valence-corrected chi connectivity index (χ4v) is 3.41. The maximum Gasteiger partial charge on any atom is 0.254 e. The minimum absolute atomic E-state index is 0.0944. The van der Waals surface area contributed by atoms with E-state index in [2.05, 4.69) is 10.6 Å². The van der Waals surface area contributed by atoms with Crippen LogP contribution in [0.4, 0.5) is 10.1 Å². The summed E-state index contributed by atoms with van der Waals surface area (Å²) in [5.74, 6) is -1.64. The summed E-state index contributed by atoms with van der Waals surface area (Å²) in [5, 5.41) is 5.45. The molecule has 0 aliphatic carbocycles. The van der Waals surface area contributed by atoms with Gasteiger partial charge in [-0.05, 0) is 42.2 Å². The molecule has 0 spiro atoms. The van der Waals surface area contributed by atoms with Crippen LogP contribution in [-0.2, 0) is 16.1 Å². The number of hydrogen-bond donors (Lipinski definition) is 2. The van der Waals surface area contributed by atoms with Gasteiger partial charge in [0.1, 0.15) is 11.9 Å². The standard InChI is InChI=1S/C23H26FN3O3/c1-15(2)21(26-22(29)18-6-3-4-7-19(18)24)23(30)25-14-16-9-11-17(12-10-16)27-13-5-8-20(27)28/h3-4,6-7,9-12,15,21H,5,8,13-14H2,1-2H3,(H,25,30)(H,26,29). The summed E-state index contributed by atoms with van der Waals surface area (Å²) in [5.41, 5.74) is 1.63. The van der Waals surface area contributed by atoms with Gasteiger partial charge in [0, 0.05) is 25.2 Å². The topological polar surface area (TPSA) is 78.5 Å². The molecule has 2 aromatic rings. The highest BCUT2D eigenvalue weighted by Gasteiger charge is 2.25. The third-order valence-electron chi connectivity index (χ3n) is 5.14. The highest BCUT2D eigenvalue weighted by atomic mass is 19.1. The van der Waals surface area contributed by atoms with E-state index >= 15 is 0 Å². The first-order valence-corrected chi connectivity index (χ1v) is 10.1. The number of carbonyl (C=O) groups is 3. The van der Waals surface area contributed by atoms with Crippen LogP contribution in [0.3, 0.4) is 0 Å². The van der Waals surface area contributed by atoms with Gasteiger partial charge in [0.05, 0.1) is 5.56 Å². The fraction of sp³-hybridized carbons (Fsp3) is 0.348. The number of anilines is 1. The van der Waals surface area contributed by atoms with E-state index in [0.29, 0.717) is 6.42 Å². The summed E-state index contributed by atoms with van der Waals surface area (Å²) in [4.78, 5) is 38.6. The summed E-state index contributed by atoms with van der Waals surface area (Å²) in [6, 6.07) is 12.3. The molecule has 2 aromatic carbocycles. The second-order valence-corrected chi connectivity index (χ2v) is 7.71. The fourth-order valence-electron chi connectivity index (χ4n) is 3.41. The summed E-state index contributed by atoms with van der Waals surface area (Å²) in [6.07, 6.45) is 1.44. The van der Waals surface area contributed by atoms with Crippen LogP contribution in [0.15, 0.2) is 48.5 Å². The van der Waals surface area contributed by atoms with Gasteiger partial charge in [0.25, 0.3) is 5.91 Å². The number of rotatable bonds is 7. The Morgan fingerprint density at radius 3 is 2.40 bits per heavy atom. The first kappa shape index (κ1) is 21.5. The van der Waals surface area contributed by atoms with Crippen molar-refractivity contribution in [2.75, 3.05) is 11.4 Å². The first-order chi connectivity index (χ1) is 14.4. The molecule has 6 nitrogen and oxygen atoms in total. The molecule has 0 bridgehead atoms. The van der Waals surface area contributed by atoms with Crippen molar-refractivity contribution >= 4 is 23.4 Å². The molecule has 7 heteroatoms. The SMILES string of the molecule is CC(C)C(NC(=O)c1ccccc1F)C(=O)NCc1ccc(N2CCCC2=O)cc1. The van der Waals surface area contributed by atoms with E-state index in [0.717, 1.165) is 24.2 Å². The predicted octanol–water partition coefficient (Wildman–Crippen LogP) is 3.02. The van der Waals surface area contributed by atoms with E-state index in [-0.39, 0.29) is 29.8 Å². The van der Waals surface area contributed by atoms with Gasteiger partial charge in [-0.3, -0.25) is 14.4 Å². The Morgan fingerprint density at radius 2 is 1.80 bits per heavy atom. The van der Waals surface area contributed by atoms with E-state index in [1.54, 1.807) is 11.0 Å². The van der Waals surface area contributed by atoms with Crippen molar-refractivity contribution in [2.45, 2.75) is 39.3 Å². The molecule has 0 radical (unpaired) electrons. The van der Waals surface area contributed by atoms with Gasteiger partial charge in [-0.2, -0.15) is 0 Å². The number of halogens is 1. The van der Waals surface area contributed by atoms with E-state index in [9.17, 15) is 18.8 Å². The summed E-state index contributed by atoms with van der Waals surface area (Å²) in [7, 11) is 0. The van der Waals surface area contributed by atoms with Crippen LogP contribution in [0, 0.1) is 11.7 Å². The first-order valence-electron chi connectivity index (χ1n) is 10.1. The second kappa shape index (κ2) is 9.52. The molecule has 1 fully saturated rings. The molecule has 2 N–H and O–H groups in total. The quantitative estimate of drug-likeness (QED) is 0.735. The lowest BCUT2D eigenvalue weighted by atomic mass is 10.0. The largest absolute Gasteiger partial charge is 0.350 e. The number of nitrogens with zero attached hydrogens (tertiary/aromatic N) is 1. The van der Waals surface area contributed by atoms with Crippen LogP contribution in [0.1, 0.15) is 42.6 Å². The zero-order chi connectivity index (χ0) is 21.7. The number of nitrogens with one attached hydrogen (secondary N) is 2. The van der Waals surface area contributed by atoms with Gasteiger partial charge >= 0.3 is 0 Å². The van der Waals surface area contributed by atoms with Crippen LogP contribution in [-0.4, -0.2) is 30.3 Å². The molecule has 1 saturated heterocycles. The van der Waals surface area contributed by atoms with Gasteiger partial charge in [-0.25, -0.2) is 4.39 Å². The molecule has 1 aliphatic heterocycles. The number of benzene rings is 2. The highest BCUT2D eigenvalue weighted by Crippen LogP contribution is 2.21. The zero-order valence-corrected chi connectivity index (χ0v) is 17.2. The van der Waals surface area contributed by atoms with Crippen molar-refractivity contribution in [3.63, 3.8) is 0 Å². The van der Waals surface area contributed by atoms with Crippen molar-refractivity contribution in [3.8, 4) is 0 Å². The Balaban J connectivity index is 1.59. The van der Waals surface area contributed by atoms with Crippen LogP contribution in [0.5, 0.6) is 0 Å². The maximum atomic E-state index is 13.8. The van der Waals surface area contributed by atoms with Gasteiger partial charge < -0.3 is 15.5 Å². The summed E-state index contributed by atoms with van der Waals surface area (Å²) in [6.45, 7) is 4.64. The molecule has 3 amide bonds. The van der Waals surface area contributed by atoms with E-state index in [4.69, 9.17) is 0 Å². The minimum atomic E-state index is -0.793. The van der Waals surface area contributed by atoms with Gasteiger partial charge in [0.15, 0.2) is 0 Å². The Bertz CT molecular complexity index is 928. The van der Waals surface area contributed by atoms with Crippen LogP contribution in [0.2, 0.25) is 0 Å². The lowest BCUT2D eigenvalue weighted by Crippen LogP contribution is -2.49. The zero-order valence-electron chi connectivity index (χ0n) is 17.2. The lowest BCUT2D eigenvalue weighted by Gasteiger charge is -2.22. The van der Waals surface area contributed by atoms with Crippen molar-refractivity contribution in [2.24, 2.45) is 5.92 Å². The van der Waals surface area contributed by atoms with Crippen molar-refractivity contribution in [1.29, 1.82) is 0 Å². The molecule has 0 aromatic heterocycles. The Morgan fingerprint density at radius 1 is 1.10 bits per heavy atom. The molecule has 158 valence electrons. The maximum absolute atomic E-state index is 13.8. The van der Waals surface area contributed by atoms with Gasteiger partial charge in [0.2, 0.25) is 11.8 Å². The molecular weight excluding hydrogens is 385 g/mol. The van der Waals surface area contributed by atoms with Crippen LogP contribution < -0.4 is 15.5 Å². The van der Waals surface area contributed by atoms with Crippen molar-refractivity contribution < 1.29 is 18.8 Å². The molecule has 30 heavy (non-hydrogen) atoms. The van der Waals surface area contributed by atoms with Crippen LogP contribution >= 0.6 is 0 Å². The Kier molecular flexibility index (Phi) is 6.82. The minimum Gasteiger partial charge on any atom is -0.350 e. The monoisotopic (exact) mass is 411 g/mol. The highest BCUT2D eigenvalue weighted by molar-refractivity contribution is 5.98. The average molecular weight is 411 g/mol. The number of carbonyl (C=O) groups excluding carboxylic acids is 3. The molecule has 3 rings (SSSR count). The van der Waals surface area contributed by atoms with Crippen molar-refractivity contribution in [1.82, 2.24) is 10.6 Å². The van der Waals surface area contributed by atoms with E-state index in [1.165, 1.54) is 18.2 Å². The molecule has 0 saturated carbocycles. The smallest absolute Gasteiger partial charge is 0.254 e. The van der Waals surface area contributed by atoms with Crippen LogP contribution in [0.25, 0.3) is 0 Å². The Hall–Kier alpha value is -3.22. The van der Waals surface area contributed by atoms with Gasteiger partial charge in [-0.15, -0.1) is 0 Å². The van der Waals surface area contributed by atoms with Crippen molar-refractivity contribution in [3.05, 3.63) is 65.5 Å². The average Bonchev–Trinajstić information content (AvgIpc) is 3.16. The summed E-state index contributed by atoms with van der Waals surface area (Å²) >= 11 is 0. The molecule has 1 unspecified atom stereocenters. The van der Waals surface area contributed by atoms with Gasteiger partial charge in [-0.1, -0.05) is 38.1 Å². The molecular formula is C23H26FN3O3. The van der Waals surface area contributed by atoms with E-state index < -0.39 is 17.8 Å². The normalized spacial score (nSPS) is 14.7.